The van der Waals surface area contributed by atoms with Gasteiger partial charge in [-0.15, -0.1) is 0 Å². The highest BCUT2D eigenvalue weighted by Gasteiger charge is 2.48. The standard InChI is InChI=1S/C39H26O2.C18H16.C4H6.C2H6/c1-2-26-14-9-10-19-29(26)30-21-13-23-34-37(30)41-38-35(40-34)25-24-33-36(38)31-20-11-12-22-32(31)39(33,27-15-5-3-6-16-27)28-17-7-4-8-18-28;1-2-7-15(8-3-1)13-14-17-11-6-10-16-9-4-5-12-18(16)17;1-3-4-2;1-2/h2-25H,1H2;1-12H,13-14H2;3-4H,1-2H2;1-2H3. The number of hydrogen-bond acceptors (Lipinski definition) is 2. The second kappa shape index (κ2) is 20.5. The molecule has 9 aromatic rings. The molecule has 0 saturated heterocycles. The van der Waals surface area contributed by atoms with E-state index in [1.54, 1.807) is 12.2 Å². The van der Waals surface area contributed by atoms with E-state index in [0.29, 0.717) is 5.75 Å². The van der Waals surface area contributed by atoms with Crippen molar-refractivity contribution in [2.75, 3.05) is 0 Å². The number of allylic oxidation sites excluding steroid dienone is 2. The smallest absolute Gasteiger partial charge is 0.178 e. The van der Waals surface area contributed by atoms with Gasteiger partial charge >= 0.3 is 0 Å². The zero-order valence-corrected chi connectivity index (χ0v) is 37.3. The third-order valence-corrected chi connectivity index (χ3v) is 12.0. The van der Waals surface area contributed by atoms with Gasteiger partial charge in [0.05, 0.1) is 5.41 Å². The van der Waals surface area contributed by atoms with E-state index in [0.717, 1.165) is 57.9 Å². The largest absolute Gasteiger partial charge is 0.449 e. The lowest BCUT2D eigenvalue weighted by molar-refractivity contribution is 0.361. The predicted molar refractivity (Wildman–Crippen MR) is 275 cm³/mol. The highest BCUT2D eigenvalue weighted by molar-refractivity contribution is 5.93. The van der Waals surface area contributed by atoms with E-state index < -0.39 is 5.41 Å². The van der Waals surface area contributed by atoms with Crippen molar-refractivity contribution in [3.63, 3.8) is 0 Å². The number of hydrogen-bond donors (Lipinski definition) is 0. The molecule has 0 N–H and O–H groups in total. The molecule has 0 saturated carbocycles. The Labute approximate surface area is 385 Å². The Balaban J connectivity index is 0.000000199. The summed E-state index contributed by atoms with van der Waals surface area (Å²) in [6.07, 6.45) is 7.37. The first-order valence-corrected chi connectivity index (χ1v) is 22.5. The van der Waals surface area contributed by atoms with Crippen LogP contribution in [0.2, 0.25) is 0 Å². The minimum atomic E-state index is -0.498. The molecule has 0 atom stereocenters. The number of ether oxygens (including phenoxy) is 2. The number of aryl methyl sites for hydroxylation is 2. The van der Waals surface area contributed by atoms with Crippen LogP contribution in [0.1, 0.15) is 52.8 Å². The summed E-state index contributed by atoms with van der Waals surface area (Å²) < 4.78 is 13.6. The summed E-state index contributed by atoms with van der Waals surface area (Å²) in [5.41, 5.74) is 12.5. The van der Waals surface area contributed by atoms with Gasteiger partial charge in [0.25, 0.3) is 0 Å². The molecule has 65 heavy (non-hydrogen) atoms. The SMILES string of the molecule is C=CC=C.C=Cc1ccccc1-c1cccc2c1Oc1c(ccc3c1-c1ccccc1C3(c1ccccc1)c1ccccc1)O2.CC.c1ccc(CCc2cccc3ccccc23)cc1. The van der Waals surface area contributed by atoms with Crippen molar-refractivity contribution in [3.05, 3.63) is 283 Å². The first-order chi connectivity index (χ1) is 32.1. The van der Waals surface area contributed by atoms with Crippen molar-refractivity contribution in [1.29, 1.82) is 0 Å². The van der Waals surface area contributed by atoms with Gasteiger partial charge in [0.2, 0.25) is 0 Å². The van der Waals surface area contributed by atoms with Gasteiger partial charge in [0, 0.05) is 11.1 Å². The molecule has 0 bridgehead atoms. The van der Waals surface area contributed by atoms with Crippen molar-refractivity contribution in [2.45, 2.75) is 32.1 Å². The molecule has 0 fully saturated rings. The Kier molecular flexibility index (Phi) is 13.8. The third-order valence-electron chi connectivity index (χ3n) is 12.0. The zero-order chi connectivity index (χ0) is 45.0. The van der Waals surface area contributed by atoms with Gasteiger partial charge in [-0.3, -0.25) is 0 Å². The molecule has 2 nitrogen and oxygen atoms in total. The number of fused-ring (bicyclic) bond motifs is 7. The maximum absolute atomic E-state index is 6.97. The summed E-state index contributed by atoms with van der Waals surface area (Å²) in [5.74, 6) is 2.89. The fourth-order valence-electron chi connectivity index (χ4n) is 9.15. The van der Waals surface area contributed by atoms with Crippen LogP contribution >= 0.6 is 0 Å². The molecule has 1 aliphatic heterocycles. The van der Waals surface area contributed by atoms with Crippen LogP contribution in [0, 0.1) is 0 Å². The van der Waals surface area contributed by atoms with E-state index in [2.05, 4.69) is 208 Å². The number of rotatable bonds is 8. The first kappa shape index (κ1) is 43.7. The minimum absolute atomic E-state index is 0.498. The Hall–Kier alpha value is -7.94. The molecular weight excluding hydrogens is 789 g/mol. The second-order valence-electron chi connectivity index (χ2n) is 15.6. The molecule has 0 aromatic heterocycles. The average molecular weight is 843 g/mol. The Bertz CT molecular complexity index is 3000. The van der Waals surface area contributed by atoms with Crippen molar-refractivity contribution >= 4 is 16.8 Å². The molecule has 1 aliphatic carbocycles. The Morgan fingerprint density at radius 2 is 0.985 bits per heavy atom. The fraction of sp³-hybridized carbons (Fsp3) is 0.0794. The van der Waals surface area contributed by atoms with Crippen molar-refractivity contribution in [3.8, 4) is 45.3 Å². The van der Waals surface area contributed by atoms with E-state index in [4.69, 9.17) is 9.47 Å². The van der Waals surface area contributed by atoms with E-state index in [9.17, 15) is 0 Å². The molecule has 2 aliphatic rings. The normalized spacial score (nSPS) is 11.9. The fourth-order valence-corrected chi connectivity index (χ4v) is 9.15. The highest BCUT2D eigenvalue weighted by Crippen LogP contribution is 2.62. The zero-order valence-electron chi connectivity index (χ0n) is 37.3. The molecule has 1 heterocycles. The van der Waals surface area contributed by atoms with Crippen LogP contribution in [0.5, 0.6) is 23.0 Å². The van der Waals surface area contributed by atoms with Crippen molar-refractivity contribution in [1.82, 2.24) is 0 Å². The van der Waals surface area contributed by atoms with Crippen LogP contribution in [-0.2, 0) is 18.3 Å². The molecule has 2 heteroatoms. The Morgan fingerprint density at radius 1 is 0.431 bits per heavy atom. The molecule has 9 aromatic carbocycles. The Morgan fingerprint density at radius 3 is 1.68 bits per heavy atom. The van der Waals surface area contributed by atoms with Gasteiger partial charge in [-0.25, -0.2) is 0 Å². The number of para-hydroxylation sites is 1. The lowest BCUT2D eigenvalue weighted by Crippen LogP contribution is -2.28. The van der Waals surface area contributed by atoms with Crippen LogP contribution in [0.3, 0.4) is 0 Å². The van der Waals surface area contributed by atoms with Crippen molar-refractivity contribution < 1.29 is 9.47 Å². The molecule has 0 unspecified atom stereocenters. The summed E-state index contributed by atoms with van der Waals surface area (Å²) in [6, 6.07) is 74.8. The van der Waals surface area contributed by atoms with Crippen LogP contribution in [0.15, 0.2) is 244 Å². The lowest BCUT2D eigenvalue weighted by Gasteiger charge is -2.34. The van der Waals surface area contributed by atoms with Gasteiger partial charge in [-0.1, -0.05) is 252 Å². The summed E-state index contributed by atoms with van der Waals surface area (Å²) in [6.45, 7) is 14.8. The molecular formula is C63H54O2. The van der Waals surface area contributed by atoms with Gasteiger partial charge in [0.15, 0.2) is 23.0 Å². The average Bonchev–Trinajstić information content (AvgIpc) is 3.70. The lowest BCUT2D eigenvalue weighted by atomic mass is 9.68. The van der Waals surface area contributed by atoms with E-state index in [1.165, 1.54) is 44.2 Å². The maximum Gasteiger partial charge on any atom is 0.178 e. The van der Waals surface area contributed by atoms with Gasteiger partial charge < -0.3 is 9.47 Å². The molecule has 318 valence electrons. The van der Waals surface area contributed by atoms with Gasteiger partial charge in [-0.05, 0) is 85.8 Å². The molecule has 0 spiro atoms. The quantitative estimate of drug-likeness (QED) is 0.142. The first-order valence-electron chi connectivity index (χ1n) is 22.5. The second-order valence-corrected chi connectivity index (χ2v) is 15.6. The predicted octanol–water partition coefficient (Wildman–Crippen LogP) is 17.3. The van der Waals surface area contributed by atoms with Crippen LogP contribution < -0.4 is 9.47 Å². The van der Waals surface area contributed by atoms with Crippen LogP contribution in [0.25, 0.3) is 39.1 Å². The van der Waals surface area contributed by atoms with Crippen molar-refractivity contribution in [2.24, 2.45) is 0 Å². The molecule has 0 radical (unpaired) electrons. The summed E-state index contributed by atoms with van der Waals surface area (Å²) in [7, 11) is 0. The monoisotopic (exact) mass is 842 g/mol. The third kappa shape index (κ3) is 8.60. The maximum atomic E-state index is 6.97. The summed E-state index contributed by atoms with van der Waals surface area (Å²) in [4.78, 5) is 0. The molecule has 11 rings (SSSR count). The van der Waals surface area contributed by atoms with Crippen LogP contribution in [0.4, 0.5) is 0 Å². The molecule has 0 amide bonds. The number of benzene rings is 9. The summed E-state index contributed by atoms with van der Waals surface area (Å²) >= 11 is 0. The minimum Gasteiger partial charge on any atom is -0.449 e. The topological polar surface area (TPSA) is 18.5 Å². The highest BCUT2D eigenvalue weighted by atomic mass is 16.6. The van der Waals surface area contributed by atoms with E-state index in [1.807, 2.05) is 44.2 Å². The van der Waals surface area contributed by atoms with Crippen LogP contribution in [-0.4, -0.2) is 0 Å². The van der Waals surface area contributed by atoms with E-state index >= 15 is 0 Å². The summed E-state index contributed by atoms with van der Waals surface area (Å²) in [5, 5.41) is 2.72. The van der Waals surface area contributed by atoms with Gasteiger partial charge in [0.1, 0.15) is 0 Å². The van der Waals surface area contributed by atoms with E-state index in [-0.39, 0.29) is 0 Å². The van der Waals surface area contributed by atoms with Gasteiger partial charge in [-0.2, -0.15) is 0 Å².